The molecule has 0 spiro atoms. The minimum absolute atomic E-state index is 0.0783. The molecular formula is C22H42O3. The van der Waals surface area contributed by atoms with Crippen molar-refractivity contribution in [2.45, 2.75) is 128 Å². The molecular weight excluding hydrogens is 312 g/mol. The van der Waals surface area contributed by atoms with Crippen molar-refractivity contribution >= 4 is 0 Å². The molecule has 3 atom stereocenters. The summed E-state index contributed by atoms with van der Waals surface area (Å²) in [5, 5.41) is 0. The van der Waals surface area contributed by atoms with Crippen LogP contribution < -0.4 is 0 Å². The highest BCUT2D eigenvalue weighted by atomic mass is 16.8. The largest absolute Gasteiger partial charge is 0.370 e. The summed E-state index contributed by atoms with van der Waals surface area (Å²) in [5.74, 6) is 0. The van der Waals surface area contributed by atoms with E-state index in [4.69, 9.17) is 14.2 Å². The van der Waals surface area contributed by atoms with E-state index in [2.05, 4.69) is 6.92 Å². The van der Waals surface area contributed by atoms with Crippen LogP contribution >= 0.6 is 0 Å². The summed E-state index contributed by atoms with van der Waals surface area (Å²) < 4.78 is 17.2. The molecule has 0 aliphatic carbocycles. The third-order valence-corrected chi connectivity index (χ3v) is 5.66. The van der Waals surface area contributed by atoms with Gasteiger partial charge in [0.05, 0.1) is 13.2 Å². The lowest BCUT2D eigenvalue weighted by atomic mass is 10.0. The van der Waals surface area contributed by atoms with Crippen LogP contribution in [-0.4, -0.2) is 31.7 Å². The maximum atomic E-state index is 5.83. The van der Waals surface area contributed by atoms with Crippen LogP contribution in [0.3, 0.4) is 0 Å². The number of rotatable bonds is 16. The maximum absolute atomic E-state index is 5.83. The minimum Gasteiger partial charge on any atom is -0.370 e. The molecule has 2 rings (SSSR count). The van der Waals surface area contributed by atoms with Gasteiger partial charge in [0.1, 0.15) is 12.2 Å². The second-order valence-electron chi connectivity index (χ2n) is 8.07. The van der Waals surface area contributed by atoms with Gasteiger partial charge in [0.2, 0.25) is 0 Å². The van der Waals surface area contributed by atoms with E-state index in [0.717, 1.165) is 19.6 Å². The van der Waals surface area contributed by atoms with Gasteiger partial charge in [-0.1, -0.05) is 103 Å². The van der Waals surface area contributed by atoms with Gasteiger partial charge in [-0.25, -0.2) is 0 Å². The van der Waals surface area contributed by atoms with Crippen molar-refractivity contribution < 1.29 is 14.2 Å². The summed E-state index contributed by atoms with van der Waals surface area (Å²) in [6, 6.07) is 0. The Labute approximate surface area is 156 Å². The number of ether oxygens (including phenoxy) is 3. The normalized spacial score (nSPS) is 25.6. The first-order valence-electron chi connectivity index (χ1n) is 11.3. The van der Waals surface area contributed by atoms with Gasteiger partial charge in [-0.3, -0.25) is 0 Å². The van der Waals surface area contributed by atoms with Gasteiger partial charge in [0.25, 0.3) is 0 Å². The summed E-state index contributed by atoms with van der Waals surface area (Å²) in [4.78, 5) is 0. The Balaban J connectivity index is 1.26. The fraction of sp³-hybridized carbons (Fsp3) is 1.00. The zero-order valence-electron chi connectivity index (χ0n) is 16.7. The van der Waals surface area contributed by atoms with E-state index in [1.807, 2.05) is 0 Å². The van der Waals surface area contributed by atoms with Crippen molar-refractivity contribution in [3.63, 3.8) is 0 Å². The molecule has 0 N–H and O–H groups in total. The fourth-order valence-electron chi connectivity index (χ4n) is 4.00. The zero-order valence-corrected chi connectivity index (χ0v) is 16.7. The third-order valence-electron chi connectivity index (χ3n) is 5.66. The first-order valence-corrected chi connectivity index (χ1v) is 11.3. The van der Waals surface area contributed by atoms with Crippen LogP contribution in [0.15, 0.2) is 0 Å². The Bertz CT molecular complexity index is 308. The fourth-order valence-corrected chi connectivity index (χ4v) is 4.00. The van der Waals surface area contributed by atoms with E-state index in [1.165, 1.54) is 96.3 Å². The Hall–Kier alpha value is -0.120. The predicted octanol–water partition coefficient (Wildman–Crippen LogP) is 6.39. The molecule has 25 heavy (non-hydrogen) atoms. The zero-order chi connectivity index (χ0) is 17.6. The Kier molecular flexibility index (Phi) is 11.9. The number of hydrogen-bond donors (Lipinski definition) is 0. The molecule has 0 aromatic rings. The second kappa shape index (κ2) is 14.0. The van der Waals surface area contributed by atoms with Crippen LogP contribution in [-0.2, 0) is 14.2 Å². The SMILES string of the molecule is CCCCCCCCCCCCCCCCC[C@H]1OC[C@@H]2CO[C@H]1O2. The van der Waals surface area contributed by atoms with Crippen molar-refractivity contribution in [1.29, 1.82) is 0 Å². The van der Waals surface area contributed by atoms with E-state index in [9.17, 15) is 0 Å². The third kappa shape index (κ3) is 9.40. The van der Waals surface area contributed by atoms with Gasteiger partial charge in [-0.15, -0.1) is 0 Å². The average Bonchev–Trinajstić information content (AvgIpc) is 3.02. The molecule has 2 aliphatic rings. The van der Waals surface area contributed by atoms with Crippen LogP contribution in [0.1, 0.15) is 110 Å². The first-order chi connectivity index (χ1) is 12.4. The highest BCUT2D eigenvalue weighted by Crippen LogP contribution is 2.26. The average molecular weight is 355 g/mol. The lowest BCUT2D eigenvalue weighted by Crippen LogP contribution is -2.37. The smallest absolute Gasteiger partial charge is 0.184 e. The minimum atomic E-state index is -0.0783. The molecule has 0 radical (unpaired) electrons. The number of unbranched alkanes of at least 4 members (excludes halogenated alkanes) is 14. The molecule has 148 valence electrons. The standard InChI is InChI=1S/C22H42O3/c1-2-3-4-5-6-7-8-9-10-11-12-13-14-15-16-17-21-22-24-19-20(25-22)18-23-21/h20-22H,2-19H2,1H3/t20-,21-,22+/m1/s1. The van der Waals surface area contributed by atoms with Crippen LogP contribution in [0.5, 0.6) is 0 Å². The van der Waals surface area contributed by atoms with Crippen molar-refractivity contribution in [2.75, 3.05) is 13.2 Å². The number of fused-ring (bicyclic) bond motifs is 2. The topological polar surface area (TPSA) is 27.7 Å². The molecule has 2 heterocycles. The van der Waals surface area contributed by atoms with Gasteiger partial charge in [-0.2, -0.15) is 0 Å². The molecule has 0 aromatic heterocycles. The summed E-state index contributed by atoms with van der Waals surface area (Å²) in [6.45, 7) is 3.73. The van der Waals surface area contributed by atoms with Crippen LogP contribution in [0.2, 0.25) is 0 Å². The molecule has 2 aliphatic heterocycles. The maximum Gasteiger partial charge on any atom is 0.184 e. The molecule has 0 unspecified atom stereocenters. The van der Waals surface area contributed by atoms with Crippen molar-refractivity contribution in [2.24, 2.45) is 0 Å². The van der Waals surface area contributed by atoms with Gasteiger partial charge in [0, 0.05) is 0 Å². The van der Waals surface area contributed by atoms with Crippen molar-refractivity contribution in [3.05, 3.63) is 0 Å². The van der Waals surface area contributed by atoms with E-state index in [1.54, 1.807) is 0 Å². The number of hydrogen-bond acceptors (Lipinski definition) is 3. The van der Waals surface area contributed by atoms with E-state index < -0.39 is 0 Å². The van der Waals surface area contributed by atoms with E-state index >= 15 is 0 Å². The van der Waals surface area contributed by atoms with E-state index in [-0.39, 0.29) is 18.5 Å². The summed E-state index contributed by atoms with van der Waals surface area (Å²) in [7, 11) is 0. The Morgan fingerprint density at radius 2 is 1.08 bits per heavy atom. The molecule has 3 heteroatoms. The Morgan fingerprint density at radius 1 is 0.600 bits per heavy atom. The highest BCUT2D eigenvalue weighted by Gasteiger charge is 2.38. The predicted molar refractivity (Wildman–Crippen MR) is 104 cm³/mol. The monoisotopic (exact) mass is 354 g/mol. The van der Waals surface area contributed by atoms with E-state index in [0.29, 0.717) is 0 Å². The molecule has 2 bridgehead atoms. The molecule has 2 fully saturated rings. The highest BCUT2D eigenvalue weighted by molar-refractivity contribution is 4.77. The summed E-state index contributed by atoms with van der Waals surface area (Å²) in [5.41, 5.74) is 0. The first kappa shape index (κ1) is 21.2. The molecule has 0 amide bonds. The quantitative estimate of drug-likeness (QED) is 0.301. The summed E-state index contributed by atoms with van der Waals surface area (Å²) in [6.07, 6.45) is 22.6. The van der Waals surface area contributed by atoms with Gasteiger partial charge >= 0.3 is 0 Å². The molecule has 0 aromatic carbocycles. The van der Waals surface area contributed by atoms with Gasteiger partial charge < -0.3 is 14.2 Å². The van der Waals surface area contributed by atoms with Crippen LogP contribution in [0.4, 0.5) is 0 Å². The lowest BCUT2D eigenvalue weighted by Gasteiger charge is -2.27. The molecule has 3 nitrogen and oxygen atoms in total. The Morgan fingerprint density at radius 3 is 1.64 bits per heavy atom. The van der Waals surface area contributed by atoms with Crippen molar-refractivity contribution in [3.8, 4) is 0 Å². The van der Waals surface area contributed by atoms with Crippen LogP contribution in [0, 0.1) is 0 Å². The molecule has 2 saturated heterocycles. The lowest BCUT2D eigenvalue weighted by molar-refractivity contribution is -0.198. The molecule has 0 saturated carbocycles. The summed E-state index contributed by atoms with van der Waals surface area (Å²) >= 11 is 0. The van der Waals surface area contributed by atoms with Crippen LogP contribution in [0.25, 0.3) is 0 Å². The van der Waals surface area contributed by atoms with Gasteiger partial charge in [-0.05, 0) is 6.42 Å². The van der Waals surface area contributed by atoms with Gasteiger partial charge in [0.15, 0.2) is 6.29 Å². The second-order valence-corrected chi connectivity index (χ2v) is 8.07. The van der Waals surface area contributed by atoms with Crippen molar-refractivity contribution in [1.82, 2.24) is 0 Å².